The zero-order valence-electron chi connectivity index (χ0n) is 10.1. The van der Waals surface area contributed by atoms with Gasteiger partial charge >= 0.3 is 0 Å². The number of hydrogen-bond acceptors (Lipinski definition) is 2. The second kappa shape index (κ2) is 6.16. The molecule has 2 aromatic rings. The number of halogens is 1. The molecule has 0 atom stereocenters. The molecule has 4 heteroatoms. The van der Waals surface area contributed by atoms with Gasteiger partial charge in [0.25, 0.3) is 0 Å². The third kappa shape index (κ3) is 3.66. The van der Waals surface area contributed by atoms with E-state index in [-0.39, 0.29) is 12.3 Å². The minimum Gasteiger partial charge on any atom is -0.325 e. The fourth-order valence-corrected chi connectivity index (χ4v) is 1.90. The highest BCUT2D eigenvalue weighted by molar-refractivity contribution is 6.31. The molecule has 0 fully saturated rings. The van der Waals surface area contributed by atoms with Crippen LogP contribution in [0.2, 0.25) is 5.02 Å². The maximum absolute atomic E-state index is 11.9. The monoisotopic (exact) mass is 273 g/mol. The summed E-state index contributed by atoms with van der Waals surface area (Å²) < 4.78 is 0. The molecule has 2 aromatic carbocycles. The molecule has 0 saturated carbocycles. The van der Waals surface area contributed by atoms with Gasteiger partial charge in [-0.1, -0.05) is 41.9 Å². The van der Waals surface area contributed by atoms with E-state index in [2.05, 4.69) is 5.32 Å². The quantitative estimate of drug-likeness (QED) is 0.869. The van der Waals surface area contributed by atoms with Gasteiger partial charge in [0.1, 0.15) is 0 Å². The lowest BCUT2D eigenvalue weighted by atomic mass is 10.1. The molecule has 0 aliphatic heterocycles. The maximum atomic E-state index is 11.9. The fraction of sp³-hybridized carbons (Fsp3) is 0.0667. The van der Waals surface area contributed by atoms with Crippen LogP contribution in [0, 0.1) is 0 Å². The van der Waals surface area contributed by atoms with Crippen LogP contribution in [-0.2, 0) is 11.2 Å². The van der Waals surface area contributed by atoms with Crippen molar-refractivity contribution in [3.63, 3.8) is 0 Å². The van der Waals surface area contributed by atoms with Crippen LogP contribution in [0.15, 0.2) is 48.5 Å². The van der Waals surface area contributed by atoms with Gasteiger partial charge in [0.2, 0.25) is 5.91 Å². The molecule has 0 unspecified atom stereocenters. The van der Waals surface area contributed by atoms with Crippen LogP contribution in [0.4, 0.5) is 5.69 Å². The predicted molar refractivity (Wildman–Crippen MR) is 75.6 cm³/mol. The average Bonchev–Trinajstić information content (AvgIpc) is 2.42. The SMILES string of the molecule is O=Cc1cc(Cl)ccc1NC(=O)Cc1ccccc1. The Morgan fingerprint density at radius 1 is 1.16 bits per heavy atom. The number of rotatable bonds is 4. The molecule has 96 valence electrons. The number of carbonyl (C=O) groups is 2. The standard InChI is InChI=1S/C15H12ClNO2/c16-13-6-7-14(12(9-13)10-18)17-15(19)8-11-4-2-1-3-5-11/h1-7,9-10H,8H2,(H,17,19). The molecule has 0 saturated heterocycles. The van der Waals surface area contributed by atoms with Crippen LogP contribution in [-0.4, -0.2) is 12.2 Å². The van der Waals surface area contributed by atoms with Gasteiger partial charge in [0, 0.05) is 10.6 Å². The first-order valence-electron chi connectivity index (χ1n) is 5.77. The van der Waals surface area contributed by atoms with E-state index in [9.17, 15) is 9.59 Å². The van der Waals surface area contributed by atoms with Crippen LogP contribution < -0.4 is 5.32 Å². The molecule has 0 heterocycles. The van der Waals surface area contributed by atoms with Gasteiger partial charge in [-0.15, -0.1) is 0 Å². The summed E-state index contributed by atoms with van der Waals surface area (Å²) in [4.78, 5) is 22.8. The Balaban J connectivity index is 2.09. The van der Waals surface area contributed by atoms with Crippen molar-refractivity contribution in [2.45, 2.75) is 6.42 Å². The Morgan fingerprint density at radius 2 is 1.89 bits per heavy atom. The first-order valence-corrected chi connectivity index (χ1v) is 6.15. The van der Waals surface area contributed by atoms with Gasteiger partial charge in [-0.25, -0.2) is 0 Å². The Bertz CT molecular complexity index is 596. The van der Waals surface area contributed by atoms with E-state index in [1.54, 1.807) is 12.1 Å². The summed E-state index contributed by atoms with van der Waals surface area (Å²) in [6.45, 7) is 0. The molecule has 0 aromatic heterocycles. The summed E-state index contributed by atoms with van der Waals surface area (Å²) in [5.74, 6) is -0.170. The molecule has 1 amide bonds. The lowest BCUT2D eigenvalue weighted by molar-refractivity contribution is -0.115. The highest BCUT2D eigenvalue weighted by Gasteiger charge is 2.07. The van der Waals surface area contributed by atoms with E-state index in [1.807, 2.05) is 30.3 Å². The largest absolute Gasteiger partial charge is 0.325 e. The Hall–Kier alpha value is -2.13. The molecule has 19 heavy (non-hydrogen) atoms. The molecule has 0 spiro atoms. The van der Waals surface area contributed by atoms with Gasteiger partial charge in [-0.05, 0) is 23.8 Å². The summed E-state index contributed by atoms with van der Waals surface area (Å²) in [6, 6.07) is 14.2. The van der Waals surface area contributed by atoms with E-state index >= 15 is 0 Å². The van der Waals surface area contributed by atoms with Crippen molar-refractivity contribution < 1.29 is 9.59 Å². The Morgan fingerprint density at radius 3 is 2.58 bits per heavy atom. The van der Waals surface area contributed by atoms with Crippen molar-refractivity contribution in [2.24, 2.45) is 0 Å². The first kappa shape index (κ1) is 13.3. The van der Waals surface area contributed by atoms with Crippen LogP contribution in [0.3, 0.4) is 0 Å². The minimum absolute atomic E-state index is 0.170. The van der Waals surface area contributed by atoms with Crippen LogP contribution in [0.25, 0.3) is 0 Å². The molecule has 0 bridgehead atoms. The Labute approximate surface area is 116 Å². The highest BCUT2D eigenvalue weighted by Crippen LogP contribution is 2.19. The van der Waals surface area contributed by atoms with E-state index in [4.69, 9.17) is 11.6 Å². The van der Waals surface area contributed by atoms with Crippen LogP contribution >= 0.6 is 11.6 Å². The van der Waals surface area contributed by atoms with Crippen LogP contribution in [0.1, 0.15) is 15.9 Å². The molecule has 0 radical (unpaired) electrons. The Kier molecular flexibility index (Phi) is 4.31. The van der Waals surface area contributed by atoms with Gasteiger partial charge in [-0.2, -0.15) is 0 Å². The third-order valence-corrected chi connectivity index (χ3v) is 2.86. The second-order valence-electron chi connectivity index (χ2n) is 4.06. The minimum atomic E-state index is -0.170. The average molecular weight is 274 g/mol. The van der Waals surface area contributed by atoms with E-state index in [1.165, 1.54) is 6.07 Å². The zero-order chi connectivity index (χ0) is 13.7. The number of benzene rings is 2. The molecule has 0 aliphatic carbocycles. The number of anilines is 1. The van der Waals surface area contributed by atoms with E-state index in [0.29, 0.717) is 22.6 Å². The molecule has 1 N–H and O–H groups in total. The fourth-order valence-electron chi connectivity index (χ4n) is 1.72. The van der Waals surface area contributed by atoms with Gasteiger partial charge in [0.05, 0.1) is 12.1 Å². The summed E-state index contributed by atoms with van der Waals surface area (Å²) in [6.07, 6.45) is 0.936. The summed E-state index contributed by atoms with van der Waals surface area (Å²) in [7, 11) is 0. The molecule has 3 nitrogen and oxygen atoms in total. The van der Waals surface area contributed by atoms with E-state index < -0.39 is 0 Å². The smallest absolute Gasteiger partial charge is 0.228 e. The normalized spacial score (nSPS) is 9.95. The van der Waals surface area contributed by atoms with Crippen molar-refractivity contribution >= 4 is 29.5 Å². The second-order valence-corrected chi connectivity index (χ2v) is 4.50. The molecule has 0 aliphatic rings. The van der Waals surface area contributed by atoms with Crippen molar-refractivity contribution in [2.75, 3.05) is 5.32 Å². The number of amides is 1. The summed E-state index contributed by atoms with van der Waals surface area (Å²) in [5, 5.41) is 3.17. The summed E-state index contributed by atoms with van der Waals surface area (Å²) in [5.41, 5.74) is 1.76. The maximum Gasteiger partial charge on any atom is 0.228 e. The van der Waals surface area contributed by atoms with Crippen molar-refractivity contribution in [3.05, 3.63) is 64.7 Å². The van der Waals surface area contributed by atoms with Gasteiger partial charge < -0.3 is 5.32 Å². The number of carbonyl (C=O) groups excluding carboxylic acids is 2. The van der Waals surface area contributed by atoms with Gasteiger partial charge in [-0.3, -0.25) is 9.59 Å². The molecular formula is C15H12ClNO2. The van der Waals surface area contributed by atoms with E-state index in [0.717, 1.165) is 5.56 Å². The summed E-state index contributed by atoms with van der Waals surface area (Å²) >= 11 is 5.79. The lowest BCUT2D eigenvalue weighted by Gasteiger charge is -2.08. The topological polar surface area (TPSA) is 46.2 Å². The number of hydrogen-bond donors (Lipinski definition) is 1. The van der Waals surface area contributed by atoms with Crippen molar-refractivity contribution in [1.82, 2.24) is 0 Å². The molecular weight excluding hydrogens is 262 g/mol. The first-order chi connectivity index (χ1) is 9.19. The lowest BCUT2D eigenvalue weighted by Crippen LogP contribution is -2.15. The number of aldehydes is 1. The van der Waals surface area contributed by atoms with Crippen molar-refractivity contribution in [3.8, 4) is 0 Å². The third-order valence-electron chi connectivity index (χ3n) is 2.62. The number of nitrogens with one attached hydrogen (secondary N) is 1. The van der Waals surface area contributed by atoms with Gasteiger partial charge in [0.15, 0.2) is 6.29 Å². The predicted octanol–water partition coefficient (Wildman–Crippen LogP) is 3.33. The zero-order valence-corrected chi connectivity index (χ0v) is 10.9. The van der Waals surface area contributed by atoms with Crippen LogP contribution in [0.5, 0.6) is 0 Å². The highest BCUT2D eigenvalue weighted by atomic mass is 35.5. The molecule has 2 rings (SSSR count). The van der Waals surface area contributed by atoms with Crippen molar-refractivity contribution in [1.29, 1.82) is 0 Å².